The van der Waals surface area contributed by atoms with Crippen molar-refractivity contribution in [2.24, 2.45) is 5.73 Å². The van der Waals surface area contributed by atoms with Crippen LogP contribution in [-0.4, -0.2) is 14.3 Å². The van der Waals surface area contributed by atoms with Crippen LogP contribution in [-0.2, 0) is 16.0 Å². The van der Waals surface area contributed by atoms with Crippen LogP contribution in [0.5, 0.6) is 0 Å². The number of nitrogens with two attached hydrogens (primary N) is 1. The SMILES string of the molecule is N=C(N)c1ccc(CS(=O)(=O)F)cc1. The summed E-state index contributed by atoms with van der Waals surface area (Å²) in [6.07, 6.45) is 0. The number of nitrogens with one attached hydrogen (secondary N) is 1. The van der Waals surface area contributed by atoms with Crippen molar-refractivity contribution in [3.63, 3.8) is 0 Å². The number of benzene rings is 1. The zero-order valence-electron chi connectivity index (χ0n) is 7.20. The zero-order valence-corrected chi connectivity index (χ0v) is 8.01. The molecule has 0 spiro atoms. The van der Waals surface area contributed by atoms with Crippen molar-refractivity contribution >= 4 is 16.1 Å². The molecule has 3 N–H and O–H groups in total. The highest BCUT2D eigenvalue weighted by Crippen LogP contribution is 2.08. The lowest BCUT2D eigenvalue weighted by Gasteiger charge is -1.99. The molecule has 0 unspecified atom stereocenters. The third kappa shape index (κ3) is 3.14. The van der Waals surface area contributed by atoms with Crippen molar-refractivity contribution in [3.8, 4) is 0 Å². The molecule has 1 aromatic carbocycles. The molecule has 6 heteroatoms. The standard InChI is InChI=1S/C8H9FN2O2S/c9-14(12,13)5-6-1-3-7(4-2-6)8(10)11/h1-4H,5H2,(H3,10,11). The molecule has 14 heavy (non-hydrogen) atoms. The van der Waals surface area contributed by atoms with E-state index in [0.29, 0.717) is 11.1 Å². The minimum Gasteiger partial charge on any atom is -0.384 e. The van der Waals surface area contributed by atoms with E-state index >= 15 is 0 Å². The summed E-state index contributed by atoms with van der Waals surface area (Å²) >= 11 is 0. The van der Waals surface area contributed by atoms with Gasteiger partial charge in [0.05, 0.1) is 0 Å². The van der Waals surface area contributed by atoms with E-state index in [2.05, 4.69) is 0 Å². The Morgan fingerprint density at radius 3 is 2.21 bits per heavy atom. The second-order valence-corrected chi connectivity index (χ2v) is 4.16. The summed E-state index contributed by atoms with van der Waals surface area (Å²) < 4.78 is 32.8. The van der Waals surface area contributed by atoms with E-state index in [0.717, 1.165) is 0 Å². The highest BCUT2D eigenvalue weighted by atomic mass is 32.3. The molecule has 0 aliphatic heterocycles. The van der Waals surface area contributed by atoms with Gasteiger partial charge in [0.2, 0.25) is 0 Å². The van der Waals surface area contributed by atoms with E-state index in [1.807, 2.05) is 0 Å². The number of rotatable bonds is 3. The number of nitrogen functional groups attached to an aromatic ring is 1. The van der Waals surface area contributed by atoms with E-state index in [1.165, 1.54) is 24.3 Å². The summed E-state index contributed by atoms with van der Waals surface area (Å²) in [4.78, 5) is 0. The largest absolute Gasteiger partial charge is 0.384 e. The fourth-order valence-electron chi connectivity index (χ4n) is 0.980. The van der Waals surface area contributed by atoms with Crippen LogP contribution >= 0.6 is 0 Å². The van der Waals surface area contributed by atoms with Gasteiger partial charge in [-0.3, -0.25) is 5.41 Å². The van der Waals surface area contributed by atoms with Crippen LogP contribution < -0.4 is 5.73 Å². The molecule has 1 rings (SSSR count). The van der Waals surface area contributed by atoms with Crippen LogP contribution in [0.25, 0.3) is 0 Å². The lowest BCUT2D eigenvalue weighted by Crippen LogP contribution is -2.10. The molecular formula is C8H9FN2O2S. The highest BCUT2D eigenvalue weighted by Gasteiger charge is 2.08. The highest BCUT2D eigenvalue weighted by molar-refractivity contribution is 7.85. The molecule has 0 atom stereocenters. The molecule has 0 radical (unpaired) electrons. The van der Waals surface area contributed by atoms with Gasteiger partial charge in [0, 0.05) is 5.56 Å². The number of amidine groups is 1. The summed E-state index contributed by atoms with van der Waals surface area (Å²) in [7, 11) is -4.50. The van der Waals surface area contributed by atoms with Gasteiger partial charge in [-0.2, -0.15) is 8.42 Å². The lowest BCUT2D eigenvalue weighted by atomic mass is 10.1. The maximum Gasteiger partial charge on any atom is 0.306 e. The van der Waals surface area contributed by atoms with Crippen LogP contribution in [0.2, 0.25) is 0 Å². The molecule has 1 aromatic rings. The average Bonchev–Trinajstić information content (AvgIpc) is 2.02. The monoisotopic (exact) mass is 216 g/mol. The zero-order chi connectivity index (χ0) is 10.8. The maximum absolute atomic E-state index is 12.2. The molecule has 0 bridgehead atoms. The van der Waals surface area contributed by atoms with E-state index in [1.54, 1.807) is 0 Å². The third-order valence-electron chi connectivity index (χ3n) is 1.60. The fraction of sp³-hybridized carbons (Fsp3) is 0.125. The van der Waals surface area contributed by atoms with Gasteiger partial charge in [-0.05, 0) is 5.56 Å². The van der Waals surface area contributed by atoms with Crippen LogP contribution in [0.4, 0.5) is 3.89 Å². The Kier molecular flexibility index (Phi) is 2.85. The molecule has 4 nitrogen and oxygen atoms in total. The van der Waals surface area contributed by atoms with E-state index in [4.69, 9.17) is 11.1 Å². The number of hydrogen-bond donors (Lipinski definition) is 2. The number of halogens is 1. The van der Waals surface area contributed by atoms with Gasteiger partial charge >= 0.3 is 10.2 Å². The van der Waals surface area contributed by atoms with Crippen molar-refractivity contribution in [1.82, 2.24) is 0 Å². The normalized spacial score (nSPS) is 11.2. The Hall–Kier alpha value is -1.43. The first kappa shape index (κ1) is 10.6. The summed E-state index contributed by atoms with van der Waals surface area (Å²) in [5.74, 6) is -0.759. The Bertz CT molecular complexity index is 439. The Morgan fingerprint density at radius 2 is 1.86 bits per heavy atom. The maximum atomic E-state index is 12.2. The second-order valence-electron chi connectivity index (χ2n) is 2.79. The molecule has 0 heterocycles. The molecule has 0 fully saturated rings. The smallest absolute Gasteiger partial charge is 0.306 e. The molecule has 0 aliphatic carbocycles. The molecule has 0 saturated heterocycles. The first-order valence-electron chi connectivity index (χ1n) is 3.74. The molecule has 0 aliphatic rings. The van der Waals surface area contributed by atoms with Gasteiger partial charge in [0.25, 0.3) is 0 Å². The predicted molar refractivity (Wildman–Crippen MR) is 51.2 cm³/mol. The van der Waals surface area contributed by atoms with Gasteiger partial charge in [0.15, 0.2) is 0 Å². The topological polar surface area (TPSA) is 84.0 Å². The molecule has 76 valence electrons. The quantitative estimate of drug-likeness (QED) is 0.444. The Labute approximate surface area is 81.3 Å². The molecular weight excluding hydrogens is 207 g/mol. The van der Waals surface area contributed by atoms with Crippen LogP contribution in [0.15, 0.2) is 24.3 Å². The molecule has 0 saturated carbocycles. The first-order chi connectivity index (χ1) is 6.38. The van der Waals surface area contributed by atoms with Crippen LogP contribution in [0.3, 0.4) is 0 Å². The second kappa shape index (κ2) is 3.75. The van der Waals surface area contributed by atoms with Gasteiger partial charge in [-0.15, -0.1) is 3.89 Å². The van der Waals surface area contributed by atoms with Crippen molar-refractivity contribution in [2.75, 3.05) is 0 Å². The first-order valence-corrected chi connectivity index (χ1v) is 5.29. The average molecular weight is 216 g/mol. The number of hydrogen-bond acceptors (Lipinski definition) is 3. The van der Waals surface area contributed by atoms with E-state index in [-0.39, 0.29) is 5.84 Å². The Balaban J connectivity index is 2.90. The van der Waals surface area contributed by atoms with Gasteiger partial charge < -0.3 is 5.73 Å². The van der Waals surface area contributed by atoms with Crippen molar-refractivity contribution < 1.29 is 12.3 Å². The molecule has 0 amide bonds. The van der Waals surface area contributed by atoms with Crippen molar-refractivity contribution in [2.45, 2.75) is 5.75 Å². The summed E-state index contributed by atoms with van der Waals surface area (Å²) in [6.45, 7) is 0. The van der Waals surface area contributed by atoms with Gasteiger partial charge in [-0.1, -0.05) is 24.3 Å². The minimum atomic E-state index is -4.50. The van der Waals surface area contributed by atoms with E-state index < -0.39 is 16.0 Å². The van der Waals surface area contributed by atoms with Gasteiger partial charge in [-0.25, -0.2) is 0 Å². The van der Waals surface area contributed by atoms with Crippen LogP contribution in [0, 0.1) is 5.41 Å². The predicted octanol–water partition coefficient (Wildman–Crippen LogP) is 0.770. The van der Waals surface area contributed by atoms with Crippen LogP contribution in [0.1, 0.15) is 11.1 Å². The Morgan fingerprint density at radius 1 is 1.36 bits per heavy atom. The minimum absolute atomic E-state index is 0.111. The summed E-state index contributed by atoms with van der Waals surface area (Å²) in [6, 6.07) is 5.80. The summed E-state index contributed by atoms with van der Waals surface area (Å²) in [5, 5.41) is 7.07. The molecule has 0 aromatic heterocycles. The fourth-order valence-corrected chi connectivity index (χ4v) is 1.57. The van der Waals surface area contributed by atoms with Crippen molar-refractivity contribution in [1.29, 1.82) is 5.41 Å². The van der Waals surface area contributed by atoms with Gasteiger partial charge in [0.1, 0.15) is 11.6 Å². The van der Waals surface area contributed by atoms with Crippen molar-refractivity contribution in [3.05, 3.63) is 35.4 Å². The summed E-state index contributed by atoms with van der Waals surface area (Å²) in [5.41, 5.74) is 5.99. The third-order valence-corrected chi connectivity index (χ3v) is 2.28. The van der Waals surface area contributed by atoms with E-state index in [9.17, 15) is 12.3 Å². The lowest BCUT2D eigenvalue weighted by molar-refractivity contribution is 0.551.